The highest BCUT2D eigenvalue weighted by Crippen LogP contribution is 2.24. The summed E-state index contributed by atoms with van der Waals surface area (Å²) in [5, 5.41) is 11.4. The van der Waals surface area contributed by atoms with E-state index in [1.165, 1.54) is 11.3 Å². The summed E-state index contributed by atoms with van der Waals surface area (Å²) in [6.45, 7) is 2.68. The van der Waals surface area contributed by atoms with E-state index in [4.69, 9.17) is 0 Å². The second kappa shape index (κ2) is 8.61. The number of amides is 1. The first-order chi connectivity index (χ1) is 15.3. The molecule has 5 rings (SSSR count). The Balaban J connectivity index is 1.21. The van der Waals surface area contributed by atoms with Crippen LogP contribution >= 0.6 is 11.3 Å². The molecule has 0 unspecified atom stereocenters. The van der Waals surface area contributed by atoms with Crippen LogP contribution in [0.5, 0.6) is 0 Å². The lowest BCUT2D eigenvalue weighted by Crippen LogP contribution is -2.49. The fourth-order valence-corrected chi connectivity index (χ4v) is 4.35. The van der Waals surface area contributed by atoms with E-state index in [1.807, 2.05) is 64.9 Å². The molecule has 31 heavy (non-hydrogen) atoms. The van der Waals surface area contributed by atoms with Crippen molar-refractivity contribution >= 4 is 23.1 Å². The average molecular weight is 429 g/mol. The summed E-state index contributed by atoms with van der Waals surface area (Å²) in [4.78, 5) is 25.6. The monoisotopic (exact) mass is 428 g/mol. The molecule has 0 bridgehead atoms. The molecule has 4 heterocycles. The average Bonchev–Trinajstić information content (AvgIpc) is 3.35. The Kier molecular flexibility index (Phi) is 5.37. The van der Waals surface area contributed by atoms with Crippen molar-refractivity contribution in [3.8, 4) is 21.8 Å². The number of anilines is 1. The molecule has 0 N–H and O–H groups in total. The number of carbonyl (C=O) groups excluding carboxylic acids is 1. The molecule has 0 atom stereocenters. The molecule has 7 nitrogen and oxygen atoms in total. The van der Waals surface area contributed by atoms with Crippen LogP contribution in [0.1, 0.15) is 10.5 Å². The van der Waals surface area contributed by atoms with E-state index < -0.39 is 0 Å². The minimum Gasteiger partial charge on any atom is -0.352 e. The topological polar surface area (TPSA) is 75.1 Å². The van der Waals surface area contributed by atoms with Gasteiger partial charge in [0, 0.05) is 55.1 Å². The van der Waals surface area contributed by atoms with Crippen LogP contribution < -0.4 is 4.90 Å². The molecular formula is C23H20N6OS. The summed E-state index contributed by atoms with van der Waals surface area (Å²) in [7, 11) is 0. The van der Waals surface area contributed by atoms with Crippen molar-refractivity contribution in [1.29, 1.82) is 0 Å². The zero-order valence-corrected chi connectivity index (χ0v) is 17.6. The van der Waals surface area contributed by atoms with Gasteiger partial charge in [-0.2, -0.15) is 0 Å². The van der Waals surface area contributed by atoms with Crippen LogP contribution in [0.25, 0.3) is 21.8 Å². The Morgan fingerprint density at radius 1 is 0.871 bits per heavy atom. The molecule has 0 spiro atoms. The van der Waals surface area contributed by atoms with E-state index >= 15 is 0 Å². The number of hydrogen-bond acceptors (Lipinski definition) is 7. The minimum absolute atomic E-state index is 0.0175. The van der Waals surface area contributed by atoms with Gasteiger partial charge < -0.3 is 9.80 Å². The molecule has 1 amide bonds. The zero-order chi connectivity index (χ0) is 21.0. The number of carbonyl (C=O) groups is 1. The Morgan fingerprint density at radius 3 is 2.39 bits per heavy atom. The Morgan fingerprint density at radius 2 is 1.68 bits per heavy atom. The van der Waals surface area contributed by atoms with Gasteiger partial charge in [0.2, 0.25) is 0 Å². The third-order valence-corrected chi connectivity index (χ3v) is 6.13. The lowest BCUT2D eigenvalue weighted by atomic mass is 10.2. The summed E-state index contributed by atoms with van der Waals surface area (Å²) in [6, 6.07) is 17.7. The van der Waals surface area contributed by atoms with Crippen molar-refractivity contribution in [2.24, 2.45) is 0 Å². The third kappa shape index (κ3) is 4.15. The maximum atomic E-state index is 12.9. The molecule has 3 aromatic heterocycles. The van der Waals surface area contributed by atoms with Crippen LogP contribution in [0.2, 0.25) is 0 Å². The highest BCUT2D eigenvalue weighted by atomic mass is 32.1. The number of nitrogens with zero attached hydrogens (tertiary/aromatic N) is 6. The molecule has 0 radical (unpaired) electrons. The van der Waals surface area contributed by atoms with Crippen molar-refractivity contribution in [3.63, 3.8) is 0 Å². The van der Waals surface area contributed by atoms with Gasteiger partial charge in [0.1, 0.15) is 10.7 Å². The maximum Gasteiger partial charge on any atom is 0.273 e. The molecular weight excluding hydrogens is 408 g/mol. The SMILES string of the molecule is O=C(c1csc(-c2ccccc2)n1)N1CCN(c2ccc(-c3cccnc3)nn2)CC1. The lowest BCUT2D eigenvalue weighted by molar-refractivity contribution is 0.0741. The molecule has 1 aliphatic rings. The first kappa shape index (κ1) is 19.3. The molecule has 8 heteroatoms. The van der Waals surface area contributed by atoms with E-state index in [-0.39, 0.29) is 5.91 Å². The first-order valence-corrected chi connectivity index (χ1v) is 11.0. The standard InChI is InChI=1S/C23H20N6OS/c30-23(20-16-31-22(25-20)17-5-2-1-3-6-17)29-13-11-28(12-14-29)21-9-8-19(26-27-21)18-7-4-10-24-15-18/h1-10,15-16H,11-14H2. The molecule has 4 aromatic rings. The lowest BCUT2D eigenvalue weighted by Gasteiger charge is -2.34. The van der Waals surface area contributed by atoms with Crippen molar-refractivity contribution in [2.75, 3.05) is 31.1 Å². The second-order valence-electron chi connectivity index (χ2n) is 7.20. The number of thiazole rings is 1. The third-order valence-electron chi connectivity index (χ3n) is 5.24. The highest BCUT2D eigenvalue weighted by molar-refractivity contribution is 7.13. The summed E-state index contributed by atoms with van der Waals surface area (Å²) in [6.07, 6.45) is 3.51. The van der Waals surface area contributed by atoms with Crippen molar-refractivity contribution in [3.05, 3.63) is 78.1 Å². The quantitative estimate of drug-likeness (QED) is 0.494. The van der Waals surface area contributed by atoms with Crippen LogP contribution in [0.15, 0.2) is 72.4 Å². The highest BCUT2D eigenvalue weighted by Gasteiger charge is 2.25. The first-order valence-electron chi connectivity index (χ1n) is 10.1. The van der Waals surface area contributed by atoms with Gasteiger partial charge in [-0.15, -0.1) is 21.5 Å². The number of pyridine rings is 1. The van der Waals surface area contributed by atoms with Crippen molar-refractivity contribution < 1.29 is 4.79 Å². The van der Waals surface area contributed by atoms with Crippen LogP contribution in [-0.2, 0) is 0 Å². The van der Waals surface area contributed by atoms with Crippen LogP contribution in [0.4, 0.5) is 5.82 Å². The maximum absolute atomic E-state index is 12.9. The fourth-order valence-electron chi connectivity index (χ4n) is 3.55. The number of aromatic nitrogens is 4. The number of rotatable bonds is 4. The second-order valence-corrected chi connectivity index (χ2v) is 8.06. The predicted molar refractivity (Wildman–Crippen MR) is 121 cm³/mol. The summed E-state index contributed by atoms with van der Waals surface area (Å²) >= 11 is 1.50. The van der Waals surface area contributed by atoms with Crippen LogP contribution in [0.3, 0.4) is 0 Å². The summed E-state index contributed by atoms with van der Waals surface area (Å²) < 4.78 is 0. The zero-order valence-electron chi connectivity index (χ0n) is 16.8. The number of hydrogen-bond donors (Lipinski definition) is 0. The van der Waals surface area contributed by atoms with E-state index in [0.29, 0.717) is 31.9 Å². The van der Waals surface area contributed by atoms with Gasteiger partial charge in [0.15, 0.2) is 5.82 Å². The smallest absolute Gasteiger partial charge is 0.273 e. The van der Waals surface area contributed by atoms with Crippen molar-refractivity contribution in [2.45, 2.75) is 0 Å². The van der Waals surface area contributed by atoms with E-state index in [9.17, 15) is 4.79 Å². The molecule has 0 saturated carbocycles. The van der Waals surface area contributed by atoms with E-state index in [1.54, 1.807) is 12.4 Å². The van der Waals surface area contributed by atoms with Crippen LogP contribution in [0, 0.1) is 0 Å². The molecule has 1 saturated heterocycles. The molecule has 1 aromatic carbocycles. The summed E-state index contributed by atoms with van der Waals surface area (Å²) in [5.74, 6) is 0.802. The van der Waals surface area contributed by atoms with E-state index in [0.717, 1.165) is 27.6 Å². The molecule has 1 fully saturated rings. The van der Waals surface area contributed by atoms with Gasteiger partial charge in [-0.25, -0.2) is 4.98 Å². The van der Waals surface area contributed by atoms with Gasteiger partial charge in [-0.05, 0) is 24.3 Å². The summed E-state index contributed by atoms with van der Waals surface area (Å²) in [5.41, 5.74) is 3.28. The largest absolute Gasteiger partial charge is 0.352 e. The number of piperazine rings is 1. The van der Waals surface area contributed by atoms with Gasteiger partial charge in [-0.3, -0.25) is 9.78 Å². The normalized spacial score (nSPS) is 13.9. The predicted octanol–water partition coefficient (Wildman–Crippen LogP) is 3.62. The minimum atomic E-state index is -0.0175. The Hall–Kier alpha value is -3.65. The van der Waals surface area contributed by atoms with Crippen molar-refractivity contribution in [1.82, 2.24) is 25.1 Å². The molecule has 1 aliphatic heterocycles. The fraction of sp³-hybridized carbons (Fsp3) is 0.174. The Labute approximate surface area is 184 Å². The number of benzene rings is 1. The molecule has 0 aliphatic carbocycles. The van der Waals surface area contributed by atoms with Gasteiger partial charge in [-0.1, -0.05) is 30.3 Å². The molecule has 154 valence electrons. The van der Waals surface area contributed by atoms with Gasteiger partial charge >= 0.3 is 0 Å². The van der Waals surface area contributed by atoms with Gasteiger partial charge in [0.05, 0.1) is 5.69 Å². The van der Waals surface area contributed by atoms with Gasteiger partial charge in [0.25, 0.3) is 5.91 Å². The Bertz CT molecular complexity index is 1160. The van der Waals surface area contributed by atoms with Crippen LogP contribution in [-0.4, -0.2) is 57.2 Å². The van der Waals surface area contributed by atoms with E-state index in [2.05, 4.69) is 25.1 Å².